The zero-order chi connectivity index (χ0) is 11.3. The van der Waals surface area contributed by atoms with Gasteiger partial charge in [0.15, 0.2) is 0 Å². The average molecular weight is 203 g/mol. The second-order valence-corrected chi connectivity index (χ2v) is 4.25. The number of benzene rings is 1. The molecule has 1 aromatic carbocycles. The van der Waals surface area contributed by atoms with Gasteiger partial charge in [-0.25, -0.2) is 0 Å². The summed E-state index contributed by atoms with van der Waals surface area (Å²) in [5.74, 6) is 0. The third-order valence-electron chi connectivity index (χ3n) is 2.60. The fraction of sp³-hybridized carbons (Fsp3) is 0.429. The fourth-order valence-corrected chi connectivity index (χ4v) is 1.87. The maximum absolute atomic E-state index is 6.14. The number of unbranched alkanes of at least 4 members (excludes halogenated alkanes) is 1. The molecule has 1 unspecified atom stereocenters. The number of nitrogens with two attached hydrogens (primary N) is 1. The Morgan fingerprint density at radius 3 is 2.40 bits per heavy atom. The van der Waals surface area contributed by atoms with Gasteiger partial charge < -0.3 is 5.73 Å². The molecule has 0 saturated carbocycles. The van der Waals surface area contributed by atoms with E-state index >= 15 is 0 Å². The first-order valence-electron chi connectivity index (χ1n) is 5.58. The first-order chi connectivity index (χ1) is 7.13. The molecular formula is C14H21N. The zero-order valence-electron chi connectivity index (χ0n) is 9.79. The molecule has 0 radical (unpaired) electrons. The summed E-state index contributed by atoms with van der Waals surface area (Å²) in [6, 6.07) is 6.72. The van der Waals surface area contributed by atoms with E-state index in [-0.39, 0.29) is 6.04 Å². The molecule has 1 nitrogen and oxygen atoms in total. The Labute approximate surface area is 93.0 Å². The third kappa shape index (κ3) is 3.88. The van der Waals surface area contributed by atoms with Crippen LogP contribution in [0.1, 0.15) is 42.0 Å². The minimum absolute atomic E-state index is 0.170. The van der Waals surface area contributed by atoms with Crippen LogP contribution in [-0.4, -0.2) is 0 Å². The zero-order valence-corrected chi connectivity index (χ0v) is 9.79. The van der Waals surface area contributed by atoms with Crippen molar-refractivity contribution in [3.05, 3.63) is 47.5 Å². The molecule has 0 saturated heterocycles. The van der Waals surface area contributed by atoms with Gasteiger partial charge in [0.05, 0.1) is 0 Å². The van der Waals surface area contributed by atoms with Gasteiger partial charge in [-0.2, -0.15) is 0 Å². The second-order valence-electron chi connectivity index (χ2n) is 4.25. The molecule has 0 spiro atoms. The van der Waals surface area contributed by atoms with Crippen molar-refractivity contribution in [2.24, 2.45) is 5.73 Å². The molecule has 15 heavy (non-hydrogen) atoms. The first-order valence-corrected chi connectivity index (χ1v) is 5.58. The summed E-state index contributed by atoms with van der Waals surface area (Å²) in [6.07, 6.45) is 5.17. The summed E-state index contributed by atoms with van der Waals surface area (Å²) in [5, 5.41) is 0. The number of hydrogen-bond donors (Lipinski definition) is 1. The maximum atomic E-state index is 6.14. The molecule has 0 fully saturated rings. The van der Waals surface area contributed by atoms with E-state index in [4.69, 9.17) is 5.73 Å². The van der Waals surface area contributed by atoms with E-state index in [1.165, 1.54) is 16.7 Å². The Hall–Kier alpha value is -1.08. The Kier molecular flexibility index (Phi) is 4.57. The van der Waals surface area contributed by atoms with Crippen LogP contribution >= 0.6 is 0 Å². The summed E-state index contributed by atoms with van der Waals surface area (Å²) in [6.45, 7) is 7.95. The van der Waals surface area contributed by atoms with Crippen LogP contribution < -0.4 is 5.73 Å². The Morgan fingerprint density at radius 2 is 1.87 bits per heavy atom. The number of aryl methyl sites for hydroxylation is 2. The molecule has 1 heteroatoms. The van der Waals surface area contributed by atoms with E-state index in [2.05, 4.69) is 38.6 Å². The van der Waals surface area contributed by atoms with Gasteiger partial charge in [-0.3, -0.25) is 0 Å². The van der Waals surface area contributed by atoms with Crippen molar-refractivity contribution in [2.45, 2.75) is 39.2 Å². The fourth-order valence-electron chi connectivity index (χ4n) is 1.87. The van der Waals surface area contributed by atoms with Crippen LogP contribution in [0.3, 0.4) is 0 Å². The van der Waals surface area contributed by atoms with Gasteiger partial charge >= 0.3 is 0 Å². The van der Waals surface area contributed by atoms with Gasteiger partial charge in [0.2, 0.25) is 0 Å². The molecule has 0 aromatic heterocycles. The van der Waals surface area contributed by atoms with Crippen LogP contribution in [-0.2, 0) is 0 Å². The van der Waals surface area contributed by atoms with Gasteiger partial charge in [0.25, 0.3) is 0 Å². The average Bonchev–Trinajstić information content (AvgIpc) is 2.16. The first kappa shape index (κ1) is 12.0. The van der Waals surface area contributed by atoms with Crippen LogP contribution in [0.5, 0.6) is 0 Å². The Morgan fingerprint density at radius 1 is 1.27 bits per heavy atom. The SMILES string of the molecule is C=CCCCC(N)c1cc(C)cc(C)c1. The second kappa shape index (κ2) is 5.72. The van der Waals surface area contributed by atoms with Gasteiger partial charge in [-0.1, -0.05) is 35.4 Å². The number of rotatable bonds is 5. The van der Waals surface area contributed by atoms with Crippen molar-refractivity contribution in [2.75, 3.05) is 0 Å². The van der Waals surface area contributed by atoms with E-state index in [0.717, 1.165) is 19.3 Å². The molecule has 82 valence electrons. The minimum Gasteiger partial charge on any atom is -0.324 e. The molecule has 0 aliphatic heterocycles. The van der Waals surface area contributed by atoms with Crippen LogP contribution in [0, 0.1) is 13.8 Å². The highest BCUT2D eigenvalue weighted by Crippen LogP contribution is 2.19. The van der Waals surface area contributed by atoms with E-state index in [1.54, 1.807) is 0 Å². The normalized spacial score (nSPS) is 12.5. The largest absolute Gasteiger partial charge is 0.324 e. The maximum Gasteiger partial charge on any atom is 0.0295 e. The summed E-state index contributed by atoms with van der Waals surface area (Å²) in [7, 11) is 0. The molecule has 1 aromatic rings. The third-order valence-corrected chi connectivity index (χ3v) is 2.60. The van der Waals surface area contributed by atoms with Crippen molar-refractivity contribution in [3.8, 4) is 0 Å². The lowest BCUT2D eigenvalue weighted by Gasteiger charge is -2.13. The lowest BCUT2D eigenvalue weighted by atomic mass is 9.98. The number of hydrogen-bond acceptors (Lipinski definition) is 1. The molecule has 0 aliphatic rings. The standard InChI is InChI=1S/C14H21N/c1-4-5-6-7-14(15)13-9-11(2)8-12(3)10-13/h4,8-10,14H,1,5-7,15H2,2-3H3. The van der Waals surface area contributed by atoms with E-state index in [9.17, 15) is 0 Å². The monoisotopic (exact) mass is 203 g/mol. The van der Waals surface area contributed by atoms with Crippen LogP contribution in [0.25, 0.3) is 0 Å². The van der Waals surface area contributed by atoms with Gasteiger partial charge in [0, 0.05) is 6.04 Å². The van der Waals surface area contributed by atoms with Crippen LogP contribution in [0.15, 0.2) is 30.9 Å². The van der Waals surface area contributed by atoms with Crippen molar-refractivity contribution >= 4 is 0 Å². The highest BCUT2D eigenvalue weighted by Gasteiger charge is 2.05. The highest BCUT2D eigenvalue weighted by molar-refractivity contribution is 5.30. The predicted molar refractivity (Wildman–Crippen MR) is 66.9 cm³/mol. The van der Waals surface area contributed by atoms with Crippen molar-refractivity contribution in [3.63, 3.8) is 0 Å². The van der Waals surface area contributed by atoms with E-state index in [0.29, 0.717) is 0 Å². The van der Waals surface area contributed by atoms with E-state index < -0.39 is 0 Å². The summed E-state index contributed by atoms with van der Waals surface area (Å²) < 4.78 is 0. The summed E-state index contributed by atoms with van der Waals surface area (Å²) >= 11 is 0. The van der Waals surface area contributed by atoms with Crippen LogP contribution in [0.4, 0.5) is 0 Å². The molecule has 1 rings (SSSR count). The molecule has 1 atom stereocenters. The highest BCUT2D eigenvalue weighted by atomic mass is 14.6. The quantitative estimate of drug-likeness (QED) is 0.573. The molecule has 0 aliphatic carbocycles. The van der Waals surface area contributed by atoms with Gasteiger partial charge in [-0.05, 0) is 38.7 Å². The lowest BCUT2D eigenvalue weighted by molar-refractivity contribution is 0.616. The summed E-state index contributed by atoms with van der Waals surface area (Å²) in [4.78, 5) is 0. The molecule has 2 N–H and O–H groups in total. The molecular weight excluding hydrogens is 182 g/mol. The minimum atomic E-state index is 0.170. The van der Waals surface area contributed by atoms with Crippen LogP contribution in [0.2, 0.25) is 0 Å². The molecule has 0 heterocycles. The van der Waals surface area contributed by atoms with Gasteiger partial charge in [0.1, 0.15) is 0 Å². The Balaban J connectivity index is 2.64. The number of allylic oxidation sites excluding steroid dienone is 1. The van der Waals surface area contributed by atoms with Crippen molar-refractivity contribution in [1.29, 1.82) is 0 Å². The van der Waals surface area contributed by atoms with Crippen molar-refractivity contribution < 1.29 is 0 Å². The predicted octanol–water partition coefficient (Wildman–Crippen LogP) is 3.66. The van der Waals surface area contributed by atoms with Gasteiger partial charge in [-0.15, -0.1) is 6.58 Å². The van der Waals surface area contributed by atoms with E-state index in [1.807, 2.05) is 6.08 Å². The topological polar surface area (TPSA) is 26.0 Å². The lowest BCUT2D eigenvalue weighted by Crippen LogP contribution is -2.10. The molecule has 0 amide bonds. The smallest absolute Gasteiger partial charge is 0.0295 e. The molecule has 0 bridgehead atoms. The summed E-state index contributed by atoms with van der Waals surface area (Å²) in [5.41, 5.74) is 9.99. The Bertz CT molecular complexity index is 308. The van der Waals surface area contributed by atoms with Crippen molar-refractivity contribution in [1.82, 2.24) is 0 Å².